The molecule has 11 heteroatoms. The van der Waals surface area contributed by atoms with Crippen LogP contribution in [0.5, 0.6) is 0 Å². The third-order valence-corrected chi connectivity index (χ3v) is 4.50. The van der Waals surface area contributed by atoms with Crippen molar-refractivity contribution in [3.63, 3.8) is 0 Å². The molecule has 2 heterocycles. The average molecular weight is 535 g/mol. The van der Waals surface area contributed by atoms with Gasteiger partial charge in [-0.25, -0.2) is 4.79 Å². The fraction of sp³-hybridized carbons (Fsp3) is 0.444. The SMILES string of the molecule is CCOC(=O)N1CCN(C(=NC)NCc2nc(-c3cccc(Cl)c3)no2)CC1.I. The quantitative estimate of drug-likeness (QED) is 0.366. The van der Waals surface area contributed by atoms with Crippen LogP contribution in [0.4, 0.5) is 4.79 Å². The first kappa shape index (κ1) is 23.2. The lowest BCUT2D eigenvalue weighted by Crippen LogP contribution is -2.53. The van der Waals surface area contributed by atoms with Gasteiger partial charge in [-0.1, -0.05) is 28.9 Å². The molecule has 0 spiro atoms. The van der Waals surface area contributed by atoms with Crippen molar-refractivity contribution in [3.05, 3.63) is 35.2 Å². The van der Waals surface area contributed by atoms with E-state index in [-0.39, 0.29) is 30.1 Å². The summed E-state index contributed by atoms with van der Waals surface area (Å²) in [5.74, 6) is 1.64. The molecule has 1 amide bonds. The predicted molar refractivity (Wildman–Crippen MR) is 121 cm³/mol. The summed E-state index contributed by atoms with van der Waals surface area (Å²) in [5, 5.41) is 7.83. The van der Waals surface area contributed by atoms with Gasteiger partial charge in [0.2, 0.25) is 11.7 Å². The summed E-state index contributed by atoms with van der Waals surface area (Å²) in [6.07, 6.45) is -0.274. The third-order valence-electron chi connectivity index (χ3n) is 4.27. The van der Waals surface area contributed by atoms with E-state index in [1.165, 1.54) is 0 Å². The number of carbonyl (C=O) groups is 1. The summed E-state index contributed by atoms with van der Waals surface area (Å²) < 4.78 is 10.3. The fourth-order valence-corrected chi connectivity index (χ4v) is 3.06. The van der Waals surface area contributed by atoms with Crippen LogP contribution in [0.1, 0.15) is 12.8 Å². The van der Waals surface area contributed by atoms with Crippen molar-refractivity contribution in [2.45, 2.75) is 13.5 Å². The second-order valence-electron chi connectivity index (χ2n) is 6.10. The Hall–Kier alpha value is -2.08. The number of nitrogens with one attached hydrogen (secondary N) is 1. The Kier molecular flexibility index (Phi) is 8.96. The highest BCUT2D eigenvalue weighted by Crippen LogP contribution is 2.19. The molecule has 0 bridgehead atoms. The predicted octanol–water partition coefficient (Wildman–Crippen LogP) is 2.86. The van der Waals surface area contributed by atoms with Crippen LogP contribution in [0.25, 0.3) is 11.4 Å². The van der Waals surface area contributed by atoms with Gasteiger partial charge in [0.05, 0.1) is 13.2 Å². The maximum absolute atomic E-state index is 11.8. The minimum absolute atomic E-state index is 0. The van der Waals surface area contributed by atoms with Gasteiger partial charge in [0.1, 0.15) is 0 Å². The zero-order valence-corrected chi connectivity index (χ0v) is 19.4. The Morgan fingerprint density at radius 2 is 2.03 bits per heavy atom. The number of aliphatic imine (C=N–C) groups is 1. The van der Waals surface area contributed by atoms with Crippen LogP contribution in [0, 0.1) is 0 Å². The molecule has 1 saturated heterocycles. The Morgan fingerprint density at radius 3 is 2.69 bits per heavy atom. The lowest BCUT2D eigenvalue weighted by molar-refractivity contribution is 0.0914. The molecule has 9 nitrogen and oxygen atoms in total. The Balaban J connectivity index is 0.00000300. The molecule has 0 radical (unpaired) electrons. The molecule has 1 fully saturated rings. The standard InChI is InChI=1S/C18H23ClN6O3.HI/c1-3-27-18(26)25-9-7-24(8-10-25)17(20-2)21-12-15-22-16(23-28-15)13-5-4-6-14(19)11-13;/h4-6,11H,3,7-10,12H2,1-2H3,(H,20,21);1H. The van der Waals surface area contributed by atoms with Gasteiger partial charge in [-0.05, 0) is 19.1 Å². The Bertz CT molecular complexity index is 839. The lowest BCUT2D eigenvalue weighted by atomic mass is 10.2. The van der Waals surface area contributed by atoms with Gasteiger partial charge in [0, 0.05) is 43.8 Å². The van der Waals surface area contributed by atoms with Crippen LogP contribution in [0.2, 0.25) is 5.02 Å². The van der Waals surface area contributed by atoms with Gasteiger partial charge in [-0.2, -0.15) is 4.98 Å². The number of ether oxygens (including phenoxy) is 1. The van der Waals surface area contributed by atoms with Crippen molar-refractivity contribution in [3.8, 4) is 11.4 Å². The number of guanidine groups is 1. The van der Waals surface area contributed by atoms with Gasteiger partial charge >= 0.3 is 6.09 Å². The fourth-order valence-electron chi connectivity index (χ4n) is 2.87. The number of piperazine rings is 1. The first-order chi connectivity index (χ1) is 13.6. The summed E-state index contributed by atoms with van der Waals surface area (Å²) in [6, 6.07) is 7.28. The van der Waals surface area contributed by atoms with E-state index in [1.807, 2.05) is 12.1 Å². The summed E-state index contributed by atoms with van der Waals surface area (Å²) in [5.41, 5.74) is 0.793. The topological polar surface area (TPSA) is 96.1 Å². The molecule has 0 atom stereocenters. The van der Waals surface area contributed by atoms with E-state index in [0.717, 1.165) is 5.56 Å². The number of carbonyl (C=O) groups excluding carboxylic acids is 1. The number of halogens is 2. The number of hydrogen-bond donors (Lipinski definition) is 1. The van der Waals surface area contributed by atoms with Crippen molar-refractivity contribution in [2.24, 2.45) is 4.99 Å². The summed E-state index contributed by atoms with van der Waals surface area (Å²) in [4.78, 5) is 24.3. The summed E-state index contributed by atoms with van der Waals surface area (Å²) in [7, 11) is 1.71. The molecule has 0 unspecified atom stereocenters. The molecule has 1 aliphatic heterocycles. The zero-order chi connectivity index (χ0) is 19.9. The smallest absolute Gasteiger partial charge is 0.409 e. The second-order valence-corrected chi connectivity index (χ2v) is 6.53. The first-order valence-corrected chi connectivity index (χ1v) is 9.44. The van der Waals surface area contributed by atoms with Gasteiger partial charge in [0.25, 0.3) is 0 Å². The van der Waals surface area contributed by atoms with Crippen LogP contribution in [-0.4, -0.2) is 71.8 Å². The molecular formula is C18H24ClIN6O3. The number of benzene rings is 1. The first-order valence-electron chi connectivity index (χ1n) is 9.06. The molecule has 3 rings (SSSR count). The average Bonchev–Trinajstić information content (AvgIpc) is 3.18. The van der Waals surface area contributed by atoms with Crippen molar-refractivity contribution in [2.75, 3.05) is 39.8 Å². The summed E-state index contributed by atoms with van der Waals surface area (Å²) >= 11 is 6.00. The van der Waals surface area contributed by atoms with Crippen LogP contribution >= 0.6 is 35.6 Å². The molecule has 158 valence electrons. The minimum atomic E-state index is -0.274. The van der Waals surface area contributed by atoms with Crippen LogP contribution in [-0.2, 0) is 11.3 Å². The van der Waals surface area contributed by atoms with Gasteiger partial charge in [0.15, 0.2) is 5.96 Å². The van der Waals surface area contributed by atoms with E-state index in [9.17, 15) is 4.79 Å². The summed E-state index contributed by atoms with van der Waals surface area (Å²) in [6.45, 7) is 5.02. The van der Waals surface area contributed by atoms with Crippen molar-refractivity contribution in [1.29, 1.82) is 0 Å². The van der Waals surface area contributed by atoms with E-state index >= 15 is 0 Å². The molecule has 29 heavy (non-hydrogen) atoms. The van der Waals surface area contributed by atoms with E-state index in [2.05, 4.69) is 25.3 Å². The maximum atomic E-state index is 11.8. The minimum Gasteiger partial charge on any atom is -0.450 e. The molecule has 1 aliphatic rings. The normalized spacial score (nSPS) is 14.4. The van der Waals surface area contributed by atoms with Gasteiger partial charge in [-0.15, -0.1) is 24.0 Å². The Morgan fingerprint density at radius 1 is 1.31 bits per heavy atom. The lowest BCUT2D eigenvalue weighted by Gasteiger charge is -2.35. The largest absolute Gasteiger partial charge is 0.450 e. The van der Waals surface area contributed by atoms with Crippen molar-refractivity contribution < 1.29 is 14.1 Å². The Labute approximate surface area is 191 Å². The van der Waals surface area contributed by atoms with Gasteiger partial charge < -0.3 is 24.4 Å². The number of aromatic nitrogens is 2. The van der Waals surface area contributed by atoms with Crippen molar-refractivity contribution in [1.82, 2.24) is 25.3 Å². The van der Waals surface area contributed by atoms with Gasteiger partial charge in [-0.3, -0.25) is 4.99 Å². The third kappa shape index (κ3) is 6.20. The number of amides is 1. The number of hydrogen-bond acceptors (Lipinski definition) is 6. The molecule has 1 N–H and O–H groups in total. The molecular weight excluding hydrogens is 511 g/mol. The second kappa shape index (κ2) is 11.2. The molecule has 1 aromatic heterocycles. The molecule has 0 aliphatic carbocycles. The van der Waals surface area contributed by atoms with Crippen LogP contribution in [0.3, 0.4) is 0 Å². The number of rotatable bonds is 4. The van der Waals surface area contributed by atoms with E-state index in [0.29, 0.717) is 62.0 Å². The monoisotopic (exact) mass is 534 g/mol. The molecule has 2 aromatic rings. The molecule has 1 aromatic carbocycles. The highest BCUT2D eigenvalue weighted by Gasteiger charge is 2.24. The molecule has 0 saturated carbocycles. The van der Waals surface area contributed by atoms with E-state index in [4.69, 9.17) is 20.9 Å². The number of nitrogens with zero attached hydrogens (tertiary/aromatic N) is 5. The van der Waals surface area contributed by atoms with Crippen LogP contribution < -0.4 is 5.32 Å². The van der Waals surface area contributed by atoms with Crippen LogP contribution in [0.15, 0.2) is 33.8 Å². The van der Waals surface area contributed by atoms with Crippen molar-refractivity contribution >= 4 is 47.6 Å². The zero-order valence-electron chi connectivity index (χ0n) is 16.3. The maximum Gasteiger partial charge on any atom is 0.409 e. The highest BCUT2D eigenvalue weighted by atomic mass is 127. The van der Waals surface area contributed by atoms with E-state index in [1.54, 1.807) is 31.0 Å². The van der Waals surface area contributed by atoms with E-state index < -0.39 is 0 Å². The highest BCUT2D eigenvalue weighted by molar-refractivity contribution is 14.0.